The van der Waals surface area contributed by atoms with Gasteiger partial charge in [0.25, 0.3) is 0 Å². The zero-order valence-electron chi connectivity index (χ0n) is 18.1. The van der Waals surface area contributed by atoms with Crippen LogP contribution >= 0.6 is 0 Å². The van der Waals surface area contributed by atoms with Crippen molar-refractivity contribution in [1.82, 2.24) is 30.1 Å². The molecule has 0 aromatic carbocycles. The Bertz CT molecular complexity index is 888. The van der Waals surface area contributed by atoms with Crippen LogP contribution in [0.2, 0.25) is 0 Å². The highest BCUT2D eigenvalue weighted by Crippen LogP contribution is 2.29. The van der Waals surface area contributed by atoms with E-state index >= 15 is 0 Å². The van der Waals surface area contributed by atoms with Gasteiger partial charge in [-0.2, -0.15) is 0 Å². The Labute approximate surface area is 182 Å². The van der Waals surface area contributed by atoms with E-state index in [1.807, 2.05) is 21.9 Å². The zero-order chi connectivity index (χ0) is 21.2. The number of fused-ring (bicyclic) bond motifs is 1. The predicted octanol–water partition coefficient (Wildman–Crippen LogP) is 3.03. The van der Waals surface area contributed by atoms with Crippen LogP contribution in [-0.2, 0) is 4.79 Å². The van der Waals surface area contributed by atoms with Crippen LogP contribution in [0.25, 0.3) is 11.2 Å². The van der Waals surface area contributed by atoms with Gasteiger partial charge in [-0.3, -0.25) is 4.79 Å². The molecule has 2 aromatic heterocycles. The summed E-state index contributed by atoms with van der Waals surface area (Å²) in [5, 5.41) is 3.16. The monoisotopic (exact) mass is 424 g/mol. The number of hydrogen-bond acceptors (Lipinski definition) is 4. The maximum absolute atomic E-state index is 13.1. The minimum atomic E-state index is 0.0440. The highest BCUT2D eigenvalue weighted by Gasteiger charge is 2.33. The third kappa shape index (κ3) is 4.38. The number of carbonyl (C=O) groups excluding carboxylic acids is 2. The van der Waals surface area contributed by atoms with Gasteiger partial charge in [0, 0.05) is 50.3 Å². The summed E-state index contributed by atoms with van der Waals surface area (Å²) in [6.45, 7) is 2.90. The zero-order valence-corrected chi connectivity index (χ0v) is 18.1. The van der Waals surface area contributed by atoms with E-state index < -0.39 is 0 Å². The summed E-state index contributed by atoms with van der Waals surface area (Å²) in [5.74, 6) is 1.64. The van der Waals surface area contributed by atoms with Gasteiger partial charge < -0.3 is 20.1 Å². The second kappa shape index (κ2) is 8.85. The molecule has 0 atom stereocenters. The molecule has 3 amide bonds. The minimum absolute atomic E-state index is 0.0440. The molecule has 2 aromatic rings. The largest absolute Gasteiger partial charge is 0.342 e. The van der Waals surface area contributed by atoms with E-state index in [2.05, 4.69) is 20.3 Å². The molecule has 2 N–H and O–H groups in total. The number of likely N-dealkylation sites (tertiary alicyclic amines) is 2. The number of piperidine rings is 2. The predicted molar refractivity (Wildman–Crippen MR) is 118 cm³/mol. The van der Waals surface area contributed by atoms with Gasteiger partial charge in [-0.05, 0) is 50.7 Å². The quantitative estimate of drug-likeness (QED) is 0.792. The second-order valence-electron chi connectivity index (χ2n) is 9.29. The second-order valence-corrected chi connectivity index (χ2v) is 9.29. The molecule has 31 heavy (non-hydrogen) atoms. The molecule has 2 saturated heterocycles. The third-order valence-corrected chi connectivity index (χ3v) is 7.28. The Balaban J connectivity index is 1.09. The molecule has 4 heterocycles. The SMILES string of the molecule is O=C(NC1CCCC1)N1CCC(C(=O)N2CCC(c3nc4ncccc4[nH]3)CC2)CC1. The van der Waals surface area contributed by atoms with Crippen LogP contribution in [0.15, 0.2) is 18.3 Å². The van der Waals surface area contributed by atoms with Crippen LogP contribution in [0, 0.1) is 5.92 Å². The molecule has 166 valence electrons. The van der Waals surface area contributed by atoms with Crippen molar-refractivity contribution >= 4 is 23.1 Å². The van der Waals surface area contributed by atoms with Gasteiger partial charge in [0.1, 0.15) is 5.82 Å². The van der Waals surface area contributed by atoms with E-state index in [9.17, 15) is 9.59 Å². The maximum Gasteiger partial charge on any atom is 0.317 e. The molecule has 0 spiro atoms. The van der Waals surface area contributed by atoms with Crippen LogP contribution in [0.1, 0.15) is 63.1 Å². The van der Waals surface area contributed by atoms with Crippen molar-refractivity contribution < 1.29 is 9.59 Å². The first kappa shape index (κ1) is 20.3. The van der Waals surface area contributed by atoms with Crippen molar-refractivity contribution in [3.05, 3.63) is 24.2 Å². The van der Waals surface area contributed by atoms with Gasteiger partial charge in [0.2, 0.25) is 5.91 Å². The summed E-state index contributed by atoms with van der Waals surface area (Å²) in [4.78, 5) is 41.8. The summed E-state index contributed by atoms with van der Waals surface area (Å²) in [5.41, 5.74) is 1.74. The van der Waals surface area contributed by atoms with Crippen LogP contribution in [0.4, 0.5) is 4.79 Å². The lowest BCUT2D eigenvalue weighted by atomic mass is 9.92. The number of imidazole rings is 1. The molecule has 1 aliphatic carbocycles. The molecular formula is C23H32N6O2. The fraction of sp³-hybridized carbons (Fsp3) is 0.652. The van der Waals surface area contributed by atoms with E-state index in [1.165, 1.54) is 12.8 Å². The molecule has 0 unspecified atom stereocenters. The van der Waals surface area contributed by atoms with Gasteiger partial charge in [0.05, 0.1) is 5.52 Å². The number of hydrogen-bond donors (Lipinski definition) is 2. The number of rotatable bonds is 3. The third-order valence-electron chi connectivity index (χ3n) is 7.28. The Kier molecular flexibility index (Phi) is 5.78. The van der Waals surface area contributed by atoms with E-state index in [4.69, 9.17) is 0 Å². The van der Waals surface area contributed by atoms with E-state index in [0.29, 0.717) is 25.0 Å². The van der Waals surface area contributed by atoms with Gasteiger partial charge >= 0.3 is 6.03 Å². The number of carbonyl (C=O) groups is 2. The van der Waals surface area contributed by atoms with Crippen LogP contribution in [-0.4, -0.2) is 68.9 Å². The number of urea groups is 1. The number of aromatic amines is 1. The summed E-state index contributed by atoms with van der Waals surface area (Å²) >= 11 is 0. The number of amides is 3. The van der Waals surface area contributed by atoms with Crippen molar-refractivity contribution in [3.8, 4) is 0 Å². The van der Waals surface area contributed by atoms with Gasteiger partial charge in [-0.15, -0.1) is 0 Å². The molecule has 2 aliphatic heterocycles. The summed E-state index contributed by atoms with van der Waals surface area (Å²) in [6.07, 6.45) is 9.78. The average molecular weight is 425 g/mol. The Hall–Kier alpha value is -2.64. The fourth-order valence-corrected chi connectivity index (χ4v) is 5.35. The molecule has 0 radical (unpaired) electrons. The highest BCUT2D eigenvalue weighted by molar-refractivity contribution is 5.80. The van der Waals surface area contributed by atoms with Crippen molar-refractivity contribution in [3.63, 3.8) is 0 Å². The molecule has 3 fully saturated rings. The summed E-state index contributed by atoms with van der Waals surface area (Å²) < 4.78 is 0. The smallest absolute Gasteiger partial charge is 0.317 e. The molecule has 0 bridgehead atoms. The molecule has 3 aliphatic rings. The highest BCUT2D eigenvalue weighted by atomic mass is 16.2. The van der Waals surface area contributed by atoms with Crippen LogP contribution in [0.5, 0.6) is 0 Å². The van der Waals surface area contributed by atoms with Crippen molar-refractivity contribution in [2.45, 2.75) is 63.3 Å². The Morgan fingerprint density at radius 1 is 0.968 bits per heavy atom. The number of H-pyrrole nitrogens is 1. The van der Waals surface area contributed by atoms with Gasteiger partial charge in [-0.25, -0.2) is 14.8 Å². The maximum atomic E-state index is 13.1. The molecule has 8 heteroatoms. The lowest BCUT2D eigenvalue weighted by Gasteiger charge is -2.37. The first-order chi connectivity index (χ1) is 15.2. The van der Waals surface area contributed by atoms with Crippen LogP contribution < -0.4 is 5.32 Å². The van der Waals surface area contributed by atoms with Crippen molar-refractivity contribution in [2.24, 2.45) is 5.92 Å². The van der Waals surface area contributed by atoms with E-state index in [0.717, 1.165) is 68.6 Å². The minimum Gasteiger partial charge on any atom is -0.342 e. The Morgan fingerprint density at radius 2 is 1.68 bits per heavy atom. The fourth-order valence-electron chi connectivity index (χ4n) is 5.35. The molecular weight excluding hydrogens is 392 g/mol. The lowest BCUT2D eigenvalue weighted by Crippen LogP contribution is -2.50. The number of nitrogens with one attached hydrogen (secondary N) is 2. The normalized spacial score (nSPS) is 21.7. The standard InChI is InChI=1S/C23H32N6O2/c30-22(17-9-14-29(15-10-17)23(31)25-18-4-1-2-5-18)28-12-7-16(8-13-28)20-26-19-6-3-11-24-21(19)27-20/h3,6,11,16-18H,1-2,4-5,7-10,12-15H2,(H,25,31)(H,24,26,27). The number of aromatic nitrogens is 3. The van der Waals surface area contributed by atoms with Crippen molar-refractivity contribution in [2.75, 3.05) is 26.2 Å². The van der Waals surface area contributed by atoms with Crippen molar-refractivity contribution in [1.29, 1.82) is 0 Å². The first-order valence-corrected chi connectivity index (χ1v) is 11.8. The van der Waals surface area contributed by atoms with Gasteiger partial charge in [-0.1, -0.05) is 12.8 Å². The van der Waals surface area contributed by atoms with E-state index in [1.54, 1.807) is 6.20 Å². The lowest BCUT2D eigenvalue weighted by molar-refractivity contribution is -0.138. The van der Waals surface area contributed by atoms with Crippen LogP contribution in [0.3, 0.4) is 0 Å². The number of pyridine rings is 1. The summed E-state index contributed by atoms with van der Waals surface area (Å²) in [6, 6.07) is 4.31. The molecule has 1 saturated carbocycles. The van der Waals surface area contributed by atoms with Gasteiger partial charge in [0.15, 0.2) is 5.65 Å². The summed E-state index contributed by atoms with van der Waals surface area (Å²) in [7, 11) is 0. The Morgan fingerprint density at radius 3 is 2.39 bits per heavy atom. The number of nitrogens with zero attached hydrogens (tertiary/aromatic N) is 4. The first-order valence-electron chi connectivity index (χ1n) is 11.8. The molecule has 5 rings (SSSR count). The topological polar surface area (TPSA) is 94.2 Å². The average Bonchev–Trinajstić information content (AvgIpc) is 3.48. The molecule has 8 nitrogen and oxygen atoms in total. The van der Waals surface area contributed by atoms with E-state index in [-0.39, 0.29) is 17.9 Å².